The molecule has 15 heavy (non-hydrogen) atoms. The van der Waals surface area contributed by atoms with Crippen molar-refractivity contribution in [3.05, 3.63) is 35.7 Å². The molecule has 0 spiro atoms. The number of hydrogen-bond acceptors (Lipinski definition) is 2. The van der Waals surface area contributed by atoms with Gasteiger partial charge in [-0.15, -0.1) is 0 Å². The molecule has 0 atom stereocenters. The number of hydrogen-bond donors (Lipinski definition) is 0. The zero-order valence-corrected chi connectivity index (χ0v) is 8.46. The predicted octanol–water partition coefficient (Wildman–Crippen LogP) is 3.03. The van der Waals surface area contributed by atoms with Crippen molar-refractivity contribution in [2.45, 2.75) is 19.8 Å². The number of halogens is 2. The van der Waals surface area contributed by atoms with E-state index in [-0.39, 0.29) is 5.92 Å². The highest BCUT2D eigenvalue weighted by atomic mass is 19.2. The second-order valence-electron chi connectivity index (χ2n) is 3.70. The molecule has 0 radical (unpaired) electrons. The van der Waals surface area contributed by atoms with Crippen LogP contribution in [0, 0.1) is 11.6 Å². The first-order chi connectivity index (χ1) is 7.08. The standard InChI is InChI=1S/C11H10F2N2/c1-6(2)11-5-14-9-3-7(12)8(13)4-10(9)15-11/h3-6H,1-2H3. The highest BCUT2D eigenvalue weighted by molar-refractivity contribution is 5.74. The van der Waals surface area contributed by atoms with Crippen LogP contribution in [0.2, 0.25) is 0 Å². The van der Waals surface area contributed by atoms with Gasteiger partial charge < -0.3 is 0 Å². The van der Waals surface area contributed by atoms with Crippen LogP contribution in [-0.4, -0.2) is 9.97 Å². The number of aromatic nitrogens is 2. The fourth-order valence-electron chi connectivity index (χ4n) is 1.30. The molecule has 0 aliphatic rings. The third-order valence-corrected chi connectivity index (χ3v) is 2.19. The van der Waals surface area contributed by atoms with Crippen LogP contribution in [0.4, 0.5) is 8.78 Å². The molecule has 0 N–H and O–H groups in total. The van der Waals surface area contributed by atoms with Crippen LogP contribution in [0.15, 0.2) is 18.3 Å². The van der Waals surface area contributed by atoms with E-state index in [0.717, 1.165) is 17.8 Å². The molecule has 1 aromatic heterocycles. The van der Waals surface area contributed by atoms with Crippen molar-refractivity contribution in [1.29, 1.82) is 0 Å². The van der Waals surface area contributed by atoms with Crippen molar-refractivity contribution in [1.82, 2.24) is 9.97 Å². The Bertz CT molecular complexity index is 509. The second kappa shape index (κ2) is 3.53. The van der Waals surface area contributed by atoms with Gasteiger partial charge in [-0.25, -0.2) is 13.8 Å². The summed E-state index contributed by atoms with van der Waals surface area (Å²) >= 11 is 0. The van der Waals surface area contributed by atoms with Gasteiger partial charge in [0.25, 0.3) is 0 Å². The van der Waals surface area contributed by atoms with E-state index in [9.17, 15) is 8.78 Å². The summed E-state index contributed by atoms with van der Waals surface area (Å²) in [6.07, 6.45) is 1.59. The third kappa shape index (κ3) is 1.79. The monoisotopic (exact) mass is 208 g/mol. The smallest absolute Gasteiger partial charge is 0.161 e. The van der Waals surface area contributed by atoms with Crippen LogP contribution >= 0.6 is 0 Å². The van der Waals surface area contributed by atoms with E-state index < -0.39 is 11.6 Å². The fraction of sp³-hybridized carbons (Fsp3) is 0.273. The molecule has 0 saturated carbocycles. The molecule has 2 rings (SSSR count). The van der Waals surface area contributed by atoms with E-state index >= 15 is 0 Å². The lowest BCUT2D eigenvalue weighted by Crippen LogP contribution is -1.96. The van der Waals surface area contributed by atoms with Crippen LogP contribution in [0.25, 0.3) is 11.0 Å². The van der Waals surface area contributed by atoms with Crippen molar-refractivity contribution in [2.75, 3.05) is 0 Å². The molecule has 4 heteroatoms. The summed E-state index contributed by atoms with van der Waals surface area (Å²) in [4.78, 5) is 8.24. The van der Waals surface area contributed by atoms with Gasteiger partial charge in [0, 0.05) is 18.3 Å². The lowest BCUT2D eigenvalue weighted by atomic mass is 10.1. The molecule has 1 aromatic carbocycles. The molecule has 2 nitrogen and oxygen atoms in total. The Balaban J connectivity index is 2.66. The van der Waals surface area contributed by atoms with Crippen LogP contribution < -0.4 is 0 Å². The van der Waals surface area contributed by atoms with E-state index in [2.05, 4.69) is 9.97 Å². The van der Waals surface area contributed by atoms with E-state index in [1.165, 1.54) is 0 Å². The molecular formula is C11H10F2N2. The first-order valence-corrected chi connectivity index (χ1v) is 4.69. The molecule has 0 aliphatic heterocycles. The summed E-state index contributed by atoms with van der Waals surface area (Å²) in [6.45, 7) is 3.94. The Morgan fingerprint density at radius 2 is 1.67 bits per heavy atom. The van der Waals surface area contributed by atoms with E-state index in [1.54, 1.807) is 6.20 Å². The molecule has 0 amide bonds. The van der Waals surface area contributed by atoms with Crippen molar-refractivity contribution in [3.63, 3.8) is 0 Å². The number of nitrogens with zero attached hydrogens (tertiary/aromatic N) is 2. The van der Waals surface area contributed by atoms with Crippen LogP contribution in [-0.2, 0) is 0 Å². The van der Waals surface area contributed by atoms with Crippen LogP contribution in [0.1, 0.15) is 25.5 Å². The molecular weight excluding hydrogens is 198 g/mol. The molecule has 1 heterocycles. The molecule has 0 fully saturated rings. The summed E-state index contributed by atoms with van der Waals surface area (Å²) in [5.74, 6) is -1.57. The third-order valence-electron chi connectivity index (χ3n) is 2.19. The van der Waals surface area contributed by atoms with E-state index in [1.807, 2.05) is 13.8 Å². The Kier molecular flexibility index (Phi) is 2.34. The van der Waals surface area contributed by atoms with Crippen LogP contribution in [0.3, 0.4) is 0 Å². The molecule has 0 aliphatic carbocycles. The summed E-state index contributed by atoms with van der Waals surface area (Å²) in [6, 6.07) is 2.13. The second-order valence-corrected chi connectivity index (χ2v) is 3.70. The molecule has 2 aromatic rings. The SMILES string of the molecule is CC(C)c1cnc2cc(F)c(F)cc2n1. The number of fused-ring (bicyclic) bond motifs is 1. The Morgan fingerprint density at radius 1 is 1.07 bits per heavy atom. The Labute approximate surface area is 86.0 Å². The first-order valence-electron chi connectivity index (χ1n) is 4.69. The maximum atomic E-state index is 12.9. The zero-order chi connectivity index (χ0) is 11.0. The van der Waals surface area contributed by atoms with Gasteiger partial charge in [-0.05, 0) is 5.92 Å². The van der Waals surface area contributed by atoms with Crippen molar-refractivity contribution in [2.24, 2.45) is 0 Å². The van der Waals surface area contributed by atoms with Gasteiger partial charge >= 0.3 is 0 Å². The minimum atomic E-state index is -0.894. The molecule has 0 unspecified atom stereocenters. The average molecular weight is 208 g/mol. The lowest BCUT2D eigenvalue weighted by Gasteiger charge is -2.05. The normalized spacial score (nSPS) is 11.3. The maximum absolute atomic E-state index is 12.9. The topological polar surface area (TPSA) is 25.8 Å². The van der Waals surface area contributed by atoms with Gasteiger partial charge in [0.1, 0.15) is 0 Å². The van der Waals surface area contributed by atoms with Gasteiger partial charge in [0.15, 0.2) is 11.6 Å². The average Bonchev–Trinajstić information content (AvgIpc) is 2.19. The van der Waals surface area contributed by atoms with Crippen molar-refractivity contribution in [3.8, 4) is 0 Å². The minimum Gasteiger partial charge on any atom is -0.253 e. The highest BCUT2D eigenvalue weighted by Crippen LogP contribution is 2.17. The Hall–Kier alpha value is -1.58. The fourth-order valence-corrected chi connectivity index (χ4v) is 1.30. The van der Waals surface area contributed by atoms with E-state index in [4.69, 9.17) is 0 Å². The number of rotatable bonds is 1. The summed E-state index contributed by atoms with van der Waals surface area (Å²) in [5.41, 5.74) is 1.53. The van der Waals surface area contributed by atoms with Crippen molar-refractivity contribution >= 4 is 11.0 Å². The number of benzene rings is 1. The van der Waals surface area contributed by atoms with Gasteiger partial charge in [-0.3, -0.25) is 4.98 Å². The first kappa shape index (κ1) is 9.96. The van der Waals surface area contributed by atoms with Gasteiger partial charge in [-0.2, -0.15) is 0 Å². The summed E-state index contributed by atoms with van der Waals surface area (Å²) in [5, 5.41) is 0. The van der Waals surface area contributed by atoms with Gasteiger partial charge in [0.05, 0.1) is 16.7 Å². The quantitative estimate of drug-likeness (QED) is 0.719. The Morgan fingerprint density at radius 3 is 2.27 bits per heavy atom. The minimum absolute atomic E-state index is 0.218. The molecule has 0 saturated heterocycles. The summed E-state index contributed by atoms with van der Waals surface area (Å²) in [7, 11) is 0. The zero-order valence-electron chi connectivity index (χ0n) is 8.46. The largest absolute Gasteiger partial charge is 0.253 e. The molecule has 78 valence electrons. The van der Waals surface area contributed by atoms with Gasteiger partial charge in [-0.1, -0.05) is 13.8 Å². The maximum Gasteiger partial charge on any atom is 0.161 e. The van der Waals surface area contributed by atoms with Gasteiger partial charge in [0.2, 0.25) is 0 Å². The molecule has 0 bridgehead atoms. The van der Waals surface area contributed by atoms with Crippen LogP contribution in [0.5, 0.6) is 0 Å². The lowest BCUT2D eigenvalue weighted by molar-refractivity contribution is 0.510. The van der Waals surface area contributed by atoms with Crippen molar-refractivity contribution < 1.29 is 8.78 Å². The highest BCUT2D eigenvalue weighted by Gasteiger charge is 2.08. The summed E-state index contributed by atoms with van der Waals surface area (Å²) < 4.78 is 25.8. The predicted molar refractivity (Wildman–Crippen MR) is 53.5 cm³/mol. The van der Waals surface area contributed by atoms with E-state index in [0.29, 0.717) is 11.0 Å².